The molecule has 0 aromatic heterocycles. The van der Waals surface area contributed by atoms with Crippen LogP contribution in [0.2, 0.25) is 5.02 Å². The van der Waals surface area contributed by atoms with Gasteiger partial charge in [0.1, 0.15) is 6.04 Å². The van der Waals surface area contributed by atoms with Crippen LogP contribution in [0.4, 0.5) is 5.69 Å². The number of benzene rings is 2. The number of rotatable bonds is 5. The summed E-state index contributed by atoms with van der Waals surface area (Å²) in [5.41, 5.74) is 7.82. The minimum atomic E-state index is -0.562. The molecule has 0 aliphatic carbocycles. The molecule has 3 rings (SSSR count). The van der Waals surface area contributed by atoms with Gasteiger partial charge in [-0.1, -0.05) is 61.0 Å². The van der Waals surface area contributed by atoms with Gasteiger partial charge in [-0.3, -0.25) is 9.59 Å². The minimum Gasteiger partial charge on any atom is -0.344 e. The second kappa shape index (κ2) is 9.92. The summed E-state index contributed by atoms with van der Waals surface area (Å²) in [7, 11) is 0. The summed E-state index contributed by atoms with van der Waals surface area (Å²) in [5.74, 6) is -0.801. The van der Waals surface area contributed by atoms with Crippen LogP contribution in [0.3, 0.4) is 0 Å². The lowest BCUT2D eigenvalue weighted by molar-refractivity contribution is -0.130. The van der Waals surface area contributed by atoms with E-state index in [1.807, 2.05) is 48.5 Å². The maximum absolute atomic E-state index is 12.9. The van der Waals surface area contributed by atoms with E-state index in [1.54, 1.807) is 17.9 Å². The van der Waals surface area contributed by atoms with Crippen molar-refractivity contribution in [2.24, 2.45) is 11.7 Å². The summed E-state index contributed by atoms with van der Waals surface area (Å²) in [6.07, 6.45) is 1.40. The number of nitrogens with one attached hydrogen (secondary N) is 1. The molecule has 2 aromatic rings. The molecule has 3 N–H and O–H groups in total. The molecule has 0 radical (unpaired) electrons. The molecule has 3 unspecified atom stereocenters. The van der Waals surface area contributed by atoms with Gasteiger partial charge in [-0.2, -0.15) is 0 Å². The highest BCUT2D eigenvalue weighted by Gasteiger charge is 2.33. The first-order valence-electron chi connectivity index (χ1n) is 9.16. The zero-order valence-corrected chi connectivity index (χ0v) is 17.2. The van der Waals surface area contributed by atoms with Crippen LogP contribution in [-0.4, -0.2) is 24.4 Å². The van der Waals surface area contributed by atoms with Crippen molar-refractivity contribution in [3.63, 3.8) is 0 Å². The predicted molar refractivity (Wildman–Crippen MR) is 115 cm³/mol. The first-order chi connectivity index (χ1) is 13.0. The molecular weight excluding hydrogens is 397 g/mol. The maximum atomic E-state index is 12.9. The van der Waals surface area contributed by atoms with Crippen molar-refractivity contribution in [3.05, 3.63) is 65.2 Å². The van der Waals surface area contributed by atoms with Gasteiger partial charge in [0.2, 0.25) is 11.8 Å². The Labute approximate surface area is 176 Å². The van der Waals surface area contributed by atoms with E-state index in [0.717, 1.165) is 12.0 Å². The highest BCUT2D eigenvalue weighted by molar-refractivity contribution is 6.33. The molecule has 5 nitrogen and oxygen atoms in total. The minimum absolute atomic E-state index is 0. The van der Waals surface area contributed by atoms with Crippen molar-refractivity contribution in [2.75, 3.05) is 11.4 Å². The Hall–Kier alpha value is -2.08. The summed E-state index contributed by atoms with van der Waals surface area (Å²) in [6, 6.07) is 15.8. The number of nitrogens with zero attached hydrogens (tertiary/aromatic N) is 1. The number of para-hydroxylation sites is 1. The summed E-state index contributed by atoms with van der Waals surface area (Å²) in [5, 5.41) is 3.41. The van der Waals surface area contributed by atoms with Crippen LogP contribution < -0.4 is 16.0 Å². The van der Waals surface area contributed by atoms with Crippen molar-refractivity contribution in [3.8, 4) is 0 Å². The van der Waals surface area contributed by atoms with Crippen LogP contribution >= 0.6 is 24.0 Å². The van der Waals surface area contributed by atoms with E-state index in [0.29, 0.717) is 23.7 Å². The second-order valence-electron chi connectivity index (χ2n) is 6.87. The summed E-state index contributed by atoms with van der Waals surface area (Å²) in [6.45, 7) is 2.38. The first kappa shape index (κ1) is 22.2. The van der Waals surface area contributed by atoms with Crippen LogP contribution in [-0.2, 0) is 9.59 Å². The molecule has 1 aliphatic rings. The summed E-state index contributed by atoms with van der Waals surface area (Å²) < 4.78 is 0. The molecule has 3 atom stereocenters. The molecule has 2 amide bonds. The van der Waals surface area contributed by atoms with Crippen molar-refractivity contribution in [2.45, 2.75) is 31.8 Å². The third-order valence-corrected chi connectivity index (χ3v) is 5.35. The summed E-state index contributed by atoms with van der Waals surface area (Å²) >= 11 is 6.24. The molecule has 0 bridgehead atoms. The number of hydrogen-bond acceptors (Lipinski definition) is 3. The number of carbonyl (C=O) groups is 2. The Kier molecular flexibility index (Phi) is 7.87. The van der Waals surface area contributed by atoms with Gasteiger partial charge in [-0.05, 0) is 30.5 Å². The van der Waals surface area contributed by atoms with E-state index in [1.165, 1.54) is 0 Å². The zero-order chi connectivity index (χ0) is 19.4. The fourth-order valence-corrected chi connectivity index (χ4v) is 3.59. The molecule has 1 saturated heterocycles. The molecule has 0 saturated carbocycles. The molecule has 1 heterocycles. The van der Waals surface area contributed by atoms with E-state index in [-0.39, 0.29) is 24.2 Å². The largest absolute Gasteiger partial charge is 0.344 e. The zero-order valence-electron chi connectivity index (χ0n) is 15.7. The van der Waals surface area contributed by atoms with E-state index >= 15 is 0 Å². The lowest BCUT2D eigenvalue weighted by Crippen LogP contribution is -2.54. The van der Waals surface area contributed by atoms with E-state index in [9.17, 15) is 9.59 Å². The molecule has 7 heteroatoms. The first-order valence-corrected chi connectivity index (χ1v) is 9.53. The molecule has 1 fully saturated rings. The Morgan fingerprint density at radius 1 is 1.18 bits per heavy atom. The van der Waals surface area contributed by atoms with Gasteiger partial charge < -0.3 is 16.0 Å². The van der Waals surface area contributed by atoms with Gasteiger partial charge in [0.15, 0.2) is 0 Å². The Bertz CT molecular complexity index is 816. The van der Waals surface area contributed by atoms with Crippen LogP contribution in [0.15, 0.2) is 54.6 Å². The average Bonchev–Trinajstić information content (AvgIpc) is 2.69. The van der Waals surface area contributed by atoms with Gasteiger partial charge in [-0.25, -0.2) is 0 Å². The van der Waals surface area contributed by atoms with Crippen molar-refractivity contribution >= 4 is 41.5 Å². The number of halogens is 2. The standard InChI is InChI=1S/C21H24ClN3O2.ClH/c1-14(19(23)15-8-3-2-4-9-15)20(26)24-17-11-7-13-25(21(17)27)18-12-6-5-10-16(18)22;/h2-6,8-10,12,14,17,19H,7,11,13,23H2,1H3,(H,24,26);1H. The number of anilines is 1. The number of hydrogen-bond donors (Lipinski definition) is 2. The Morgan fingerprint density at radius 3 is 2.50 bits per heavy atom. The summed E-state index contributed by atoms with van der Waals surface area (Å²) in [4.78, 5) is 27.2. The van der Waals surface area contributed by atoms with Crippen LogP contribution in [0.1, 0.15) is 31.4 Å². The van der Waals surface area contributed by atoms with Gasteiger partial charge >= 0.3 is 0 Å². The average molecular weight is 422 g/mol. The van der Waals surface area contributed by atoms with E-state index in [2.05, 4.69) is 5.32 Å². The van der Waals surface area contributed by atoms with E-state index in [4.69, 9.17) is 17.3 Å². The lowest BCUT2D eigenvalue weighted by atomic mass is 9.94. The molecule has 28 heavy (non-hydrogen) atoms. The van der Waals surface area contributed by atoms with Crippen molar-refractivity contribution in [1.82, 2.24) is 5.32 Å². The highest BCUT2D eigenvalue weighted by atomic mass is 35.5. The van der Waals surface area contributed by atoms with Crippen molar-refractivity contribution < 1.29 is 9.59 Å². The second-order valence-corrected chi connectivity index (χ2v) is 7.28. The Morgan fingerprint density at radius 2 is 1.82 bits per heavy atom. The topological polar surface area (TPSA) is 75.4 Å². The quantitative estimate of drug-likeness (QED) is 0.772. The SMILES string of the molecule is CC(C(=O)NC1CCCN(c2ccccc2Cl)C1=O)C(N)c1ccccc1.Cl. The normalized spacial score (nSPS) is 18.8. The Balaban J connectivity index is 0.00000280. The van der Waals surface area contributed by atoms with Gasteiger partial charge in [0.05, 0.1) is 16.6 Å². The third kappa shape index (κ3) is 4.85. The van der Waals surface area contributed by atoms with E-state index < -0.39 is 18.0 Å². The van der Waals surface area contributed by atoms with Gasteiger partial charge in [0.25, 0.3) is 0 Å². The third-order valence-electron chi connectivity index (χ3n) is 5.04. The number of amides is 2. The smallest absolute Gasteiger partial charge is 0.249 e. The molecule has 0 spiro atoms. The molecule has 2 aromatic carbocycles. The fourth-order valence-electron chi connectivity index (χ4n) is 3.35. The maximum Gasteiger partial charge on any atom is 0.249 e. The van der Waals surface area contributed by atoms with Crippen LogP contribution in [0.25, 0.3) is 0 Å². The monoisotopic (exact) mass is 421 g/mol. The van der Waals surface area contributed by atoms with Crippen LogP contribution in [0.5, 0.6) is 0 Å². The molecule has 1 aliphatic heterocycles. The van der Waals surface area contributed by atoms with Gasteiger partial charge in [-0.15, -0.1) is 12.4 Å². The van der Waals surface area contributed by atoms with Crippen LogP contribution in [0, 0.1) is 5.92 Å². The predicted octanol–water partition coefficient (Wildman–Crippen LogP) is 3.71. The lowest BCUT2D eigenvalue weighted by Gasteiger charge is -2.34. The molecule has 150 valence electrons. The fraction of sp³-hybridized carbons (Fsp3) is 0.333. The number of piperidine rings is 1. The van der Waals surface area contributed by atoms with Gasteiger partial charge in [0, 0.05) is 12.6 Å². The number of carbonyl (C=O) groups excluding carboxylic acids is 2. The molecular formula is C21H25Cl2N3O2. The highest BCUT2D eigenvalue weighted by Crippen LogP contribution is 2.29. The number of nitrogens with two attached hydrogens (primary N) is 1. The van der Waals surface area contributed by atoms with Crippen molar-refractivity contribution in [1.29, 1.82) is 0 Å².